The maximum absolute atomic E-state index is 13.0. The first-order valence-corrected chi connectivity index (χ1v) is 11.0. The minimum Gasteiger partial charge on any atom is -0.296 e. The first-order valence-electron chi connectivity index (χ1n) is 11.0. The normalized spacial score (nSPS) is 13.6. The Labute approximate surface area is 180 Å². The molecule has 1 aliphatic carbocycles. The number of hydrogen-bond acceptors (Lipinski definition) is 4. The lowest BCUT2D eigenvalue weighted by molar-refractivity contribution is 0.640. The van der Waals surface area contributed by atoms with E-state index in [0.717, 1.165) is 60.1 Å². The lowest BCUT2D eigenvalue weighted by atomic mass is 9.98. The number of H-pyrrole nitrogens is 1. The number of nitrogens with zero attached hydrogens (tertiary/aromatic N) is 5. The summed E-state index contributed by atoms with van der Waals surface area (Å²) in [4.78, 5) is 13.0. The highest BCUT2D eigenvalue weighted by atomic mass is 16.1. The molecule has 0 atom stereocenters. The molecule has 1 fully saturated rings. The number of aromatic amines is 1. The van der Waals surface area contributed by atoms with E-state index < -0.39 is 0 Å². The number of tetrazole rings is 1. The third-order valence-electron chi connectivity index (χ3n) is 5.93. The second-order valence-corrected chi connectivity index (χ2v) is 8.21. The number of hydrogen-bond donors (Lipinski definition) is 1. The Morgan fingerprint density at radius 1 is 1.06 bits per heavy atom. The molecule has 2 heterocycles. The van der Waals surface area contributed by atoms with Crippen LogP contribution in [0.1, 0.15) is 49.9 Å². The minimum absolute atomic E-state index is 0.125. The summed E-state index contributed by atoms with van der Waals surface area (Å²) in [6, 6.07) is 16.8. The maximum atomic E-state index is 13.0. The van der Waals surface area contributed by atoms with E-state index in [0.29, 0.717) is 18.4 Å². The summed E-state index contributed by atoms with van der Waals surface area (Å²) in [6.45, 7) is 2.79. The quantitative estimate of drug-likeness (QED) is 0.468. The van der Waals surface area contributed by atoms with Crippen molar-refractivity contribution in [2.75, 3.05) is 0 Å². The van der Waals surface area contributed by atoms with E-state index in [9.17, 15) is 4.79 Å². The van der Waals surface area contributed by atoms with Gasteiger partial charge in [0.1, 0.15) is 0 Å². The molecule has 0 saturated heterocycles. The van der Waals surface area contributed by atoms with Crippen LogP contribution in [0.5, 0.6) is 0 Å². The molecule has 31 heavy (non-hydrogen) atoms. The van der Waals surface area contributed by atoms with E-state index in [1.807, 2.05) is 27.3 Å². The Kier molecular flexibility index (Phi) is 5.24. The number of unbranched alkanes of at least 4 members (excludes halogenated alkanes) is 1. The smallest absolute Gasteiger partial charge is 0.296 e. The Morgan fingerprint density at radius 3 is 2.52 bits per heavy atom. The summed E-state index contributed by atoms with van der Waals surface area (Å²) < 4.78 is 3.90. The molecule has 2 aromatic heterocycles. The van der Waals surface area contributed by atoms with Crippen molar-refractivity contribution in [1.29, 1.82) is 0 Å². The van der Waals surface area contributed by atoms with Gasteiger partial charge in [-0.3, -0.25) is 9.13 Å². The van der Waals surface area contributed by atoms with E-state index in [1.54, 1.807) is 0 Å². The average molecular weight is 415 g/mol. The van der Waals surface area contributed by atoms with Gasteiger partial charge in [0.2, 0.25) is 5.82 Å². The van der Waals surface area contributed by atoms with Crippen molar-refractivity contribution >= 4 is 0 Å². The Morgan fingerprint density at radius 2 is 1.84 bits per heavy atom. The summed E-state index contributed by atoms with van der Waals surface area (Å²) in [7, 11) is 0. The average Bonchev–Trinajstić information content (AvgIpc) is 3.40. The summed E-state index contributed by atoms with van der Waals surface area (Å²) in [5, 5.41) is 14.4. The Bertz CT molecular complexity index is 1220. The molecule has 2 aromatic carbocycles. The van der Waals surface area contributed by atoms with Crippen molar-refractivity contribution in [3.8, 4) is 22.5 Å². The monoisotopic (exact) mass is 414 g/mol. The van der Waals surface area contributed by atoms with Gasteiger partial charge in [0.25, 0.3) is 0 Å². The second kappa shape index (κ2) is 8.34. The van der Waals surface area contributed by atoms with Crippen molar-refractivity contribution in [3.05, 3.63) is 76.5 Å². The lowest BCUT2D eigenvalue weighted by Gasteiger charge is -2.10. The van der Waals surface area contributed by atoms with Gasteiger partial charge >= 0.3 is 5.69 Å². The van der Waals surface area contributed by atoms with Gasteiger partial charge in [-0.1, -0.05) is 61.9 Å². The maximum Gasteiger partial charge on any atom is 0.328 e. The van der Waals surface area contributed by atoms with Crippen LogP contribution in [0, 0.1) is 0 Å². The van der Waals surface area contributed by atoms with Gasteiger partial charge in [-0.15, -0.1) is 10.2 Å². The Hall–Kier alpha value is -3.48. The number of imidazole rings is 1. The molecule has 7 nitrogen and oxygen atoms in total. The van der Waals surface area contributed by atoms with Crippen LogP contribution in [-0.2, 0) is 13.0 Å². The van der Waals surface area contributed by atoms with E-state index >= 15 is 0 Å². The fraction of sp³-hybridized carbons (Fsp3) is 0.333. The van der Waals surface area contributed by atoms with Crippen LogP contribution in [0.3, 0.4) is 0 Å². The number of nitrogens with one attached hydrogen (secondary N) is 1. The van der Waals surface area contributed by atoms with E-state index in [2.05, 4.69) is 64.1 Å². The van der Waals surface area contributed by atoms with Gasteiger partial charge < -0.3 is 0 Å². The predicted molar refractivity (Wildman–Crippen MR) is 120 cm³/mol. The molecular weight excluding hydrogens is 388 g/mol. The molecule has 0 bridgehead atoms. The number of aromatic nitrogens is 6. The van der Waals surface area contributed by atoms with Crippen LogP contribution in [-0.4, -0.2) is 29.8 Å². The molecule has 7 heteroatoms. The highest BCUT2D eigenvalue weighted by Crippen LogP contribution is 2.34. The topological polar surface area (TPSA) is 81.4 Å². The molecule has 1 N–H and O–H groups in total. The molecule has 0 spiro atoms. The highest BCUT2D eigenvalue weighted by molar-refractivity contribution is 5.80. The van der Waals surface area contributed by atoms with Gasteiger partial charge in [0.15, 0.2) is 0 Å². The first-order chi connectivity index (χ1) is 15.2. The molecule has 5 rings (SSSR count). The SMILES string of the molecule is CCCCc1cn(C2CC2)c(=O)n1Cc1ccc(-c2ccccc2-c2nn[nH]n2)cc1. The van der Waals surface area contributed by atoms with Gasteiger partial charge in [-0.2, -0.15) is 5.21 Å². The summed E-state index contributed by atoms with van der Waals surface area (Å²) in [5.41, 5.74) is 5.46. The number of aryl methyl sites for hydroxylation is 1. The molecule has 1 aliphatic rings. The molecule has 0 aliphatic heterocycles. The highest BCUT2D eigenvalue weighted by Gasteiger charge is 2.27. The molecular formula is C24H26N6O. The summed E-state index contributed by atoms with van der Waals surface area (Å²) in [6.07, 6.45) is 7.49. The largest absolute Gasteiger partial charge is 0.328 e. The first kappa shape index (κ1) is 19.5. The number of rotatable bonds is 8. The fourth-order valence-corrected chi connectivity index (χ4v) is 4.07. The molecule has 1 saturated carbocycles. The molecule has 158 valence electrons. The van der Waals surface area contributed by atoms with Crippen molar-refractivity contribution in [1.82, 2.24) is 29.8 Å². The van der Waals surface area contributed by atoms with Crippen molar-refractivity contribution in [2.24, 2.45) is 0 Å². The van der Waals surface area contributed by atoms with Crippen molar-refractivity contribution in [3.63, 3.8) is 0 Å². The van der Waals surface area contributed by atoms with Crippen molar-refractivity contribution < 1.29 is 0 Å². The van der Waals surface area contributed by atoms with E-state index in [4.69, 9.17) is 0 Å². The van der Waals surface area contributed by atoms with Gasteiger partial charge in [0, 0.05) is 23.5 Å². The zero-order valence-electron chi connectivity index (χ0n) is 17.7. The van der Waals surface area contributed by atoms with Crippen LogP contribution in [0.4, 0.5) is 0 Å². The van der Waals surface area contributed by atoms with E-state index in [-0.39, 0.29) is 5.69 Å². The lowest BCUT2D eigenvalue weighted by Crippen LogP contribution is -2.25. The van der Waals surface area contributed by atoms with Crippen molar-refractivity contribution in [2.45, 2.75) is 51.6 Å². The summed E-state index contributed by atoms with van der Waals surface area (Å²) in [5.74, 6) is 0.577. The zero-order chi connectivity index (χ0) is 21.2. The minimum atomic E-state index is 0.125. The van der Waals surface area contributed by atoms with Crippen LogP contribution in [0.25, 0.3) is 22.5 Å². The molecule has 0 radical (unpaired) electrons. The standard InChI is InChI=1S/C24H26N6O/c1-2-3-6-20-16-30(19-13-14-19)24(31)29(20)15-17-9-11-18(12-10-17)21-7-4-5-8-22(21)23-25-27-28-26-23/h4-5,7-12,16,19H,2-3,6,13-15H2,1H3,(H,25,26,27,28). The van der Waals surface area contributed by atoms with Gasteiger partial charge in [-0.25, -0.2) is 4.79 Å². The molecule has 0 unspecified atom stereocenters. The third kappa shape index (κ3) is 3.95. The van der Waals surface area contributed by atoms with Crippen LogP contribution < -0.4 is 5.69 Å². The zero-order valence-corrected chi connectivity index (χ0v) is 17.7. The summed E-state index contributed by atoms with van der Waals surface area (Å²) >= 11 is 0. The second-order valence-electron chi connectivity index (χ2n) is 8.21. The third-order valence-corrected chi connectivity index (χ3v) is 5.93. The van der Waals surface area contributed by atoms with E-state index in [1.165, 1.54) is 0 Å². The number of benzene rings is 2. The fourth-order valence-electron chi connectivity index (χ4n) is 4.07. The van der Waals surface area contributed by atoms with Crippen LogP contribution in [0.2, 0.25) is 0 Å². The Balaban J connectivity index is 1.43. The molecule has 4 aromatic rings. The molecule has 0 amide bonds. The van der Waals surface area contributed by atoms with Crippen LogP contribution in [0.15, 0.2) is 59.5 Å². The van der Waals surface area contributed by atoms with Gasteiger partial charge in [0.05, 0.1) is 6.54 Å². The predicted octanol–water partition coefficient (Wildman–Crippen LogP) is 4.22. The van der Waals surface area contributed by atoms with Crippen LogP contribution >= 0.6 is 0 Å². The van der Waals surface area contributed by atoms with Gasteiger partial charge in [-0.05, 0) is 47.6 Å².